The second-order valence-electron chi connectivity index (χ2n) is 3.64. The van der Waals surface area contributed by atoms with Gasteiger partial charge in [0.2, 0.25) is 5.91 Å². The Hall–Kier alpha value is -1.52. The molecule has 0 aromatic heterocycles. The first kappa shape index (κ1) is 14.5. The van der Waals surface area contributed by atoms with Gasteiger partial charge in [-0.2, -0.15) is 0 Å². The summed E-state index contributed by atoms with van der Waals surface area (Å²) in [5.41, 5.74) is 0. The number of aliphatic imine (C=N–C) groups is 1. The van der Waals surface area contributed by atoms with Gasteiger partial charge >= 0.3 is 0 Å². The number of nitrogens with one attached hydrogen (secondary N) is 3. The molecule has 0 rings (SSSR count). The van der Waals surface area contributed by atoms with E-state index in [1.807, 2.05) is 13.8 Å². The van der Waals surface area contributed by atoms with Crippen LogP contribution in [-0.4, -0.2) is 38.0 Å². The van der Waals surface area contributed by atoms with Crippen LogP contribution in [0.1, 0.15) is 20.3 Å². The molecule has 0 radical (unpaired) electrons. The smallest absolute Gasteiger partial charge is 0.221 e. The fourth-order valence-electron chi connectivity index (χ4n) is 1.08. The molecule has 0 fully saturated rings. The van der Waals surface area contributed by atoms with E-state index < -0.39 is 0 Å². The normalized spacial score (nSPS) is 11.1. The van der Waals surface area contributed by atoms with Gasteiger partial charge in [0.05, 0.1) is 0 Å². The largest absolute Gasteiger partial charge is 0.356 e. The number of hydrogen-bond donors (Lipinski definition) is 3. The molecule has 92 valence electrons. The van der Waals surface area contributed by atoms with E-state index in [1.54, 1.807) is 13.1 Å². The summed E-state index contributed by atoms with van der Waals surface area (Å²) in [4.78, 5) is 15.3. The molecule has 0 heterocycles. The summed E-state index contributed by atoms with van der Waals surface area (Å²) < 4.78 is 0. The second kappa shape index (κ2) is 8.76. The van der Waals surface area contributed by atoms with Crippen LogP contribution in [0.25, 0.3) is 0 Å². The first-order chi connectivity index (χ1) is 7.60. The minimum atomic E-state index is 0.0432. The summed E-state index contributed by atoms with van der Waals surface area (Å²) in [6.07, 6.45) is 2.19. The zero-order chi connectivity index (χ0) is 12.4. The molecule has 0 aliphatic carbocycles. The fourth-order valence-corrected chi connectivity index (χ4v) is 1.08. The van der Waals surface area contributed by atoms with E-state index in [1.165, 1.54) is 0 Å². The molecule has 5 heteroatoms. The van der Waals surface area contributed by atoms with Crippen molar-refractivity contribution < 1.29 is 4.79 Å². The molecule has 16 heavy (non-hydrogen) atoms. The van der Waals surface area contributed by atoms with E-state index in [4.69, 9.17) is 0 Å². The Bertz CT molecular complexity index is 248. The van der Waals surface area contributed by atoms with Crippen molar-refractivity contribution in [3.05, 3.63) is 12.7 Å². The van der Waals surface area contributed by atoms with Gasteiger partial charge in [-0.3, -0.25) is 9.79 Å². The lowest BCUT2D eigenvalue weighted by Gasteiger charge is -2.11. The molecular formula is C11H22N4O. The predicted molar refractivity (Wildman–Crippen MR) is 67.5 cm³/mol. The molecule has 0 spiro atoms. The lowest BCUT2D eigenvalue weighted by molar-refractivity contribution is -0.121. The highest BCUT2D eigenvalue weighted by atomic mass is 16.1. The van der Waals surface area contributed by atoms with Crippen molar-refractivity contribution in [3.63, 3.8) is 0 Å². The summed E-state index contributed by atoms with van der Waals surface area (Å²) in [6, 6.07) is 0.186. The van der Waals surface area contributed by atoms with Crippen LogP contribution in [0, 0.1) is 0 Å². The quantitative estimate of drug-likeness (QED) is 0.345. The molecule has 0 aliphatic rings. The maximum atomic E-state index is 11.3. The molecule has 0 saturated carbocycles. The van der Waals surface area contributed by atoms with Crippen LogP contribution in [-0.2, 0) is 4.79 Å². The standard InChI is InChI=1S/C11H22N4O/c1-5-7-13-11(12-4)14-8-6-10(16)15-9(2)3/h5,9H,1,6-8H2,2-4H3,(H,15,16)(H2,12,13,14). The highest BCUT2D eigenvalue weighted by Gasteiger charge is 2.03. The van der Waals surface area contributed by atoms with Crippen LogP contribution in [0.3, 0.4) is 0 Å². The van der Waals surface area contributed by atoms with Gasteiger partial charge in [-0.1, -0.05) is 6.08 Å². The molecule has 0 saturated heterocycles. The average Bonchev–Trinajstić information content (AvgIpc) is 2.22. The van der Waals surface area contributed by atoms with Crippen molar-refractivity contribution in [1.29, 1.82) is 0 Å². The van der Waals surface area contributed by atoms with Crippen molar-refractivity contribution in [2.75, 3.05) is 20.1 Å². The summed E-state index contributed by atoms with van der Waals surface area (Å²) >= 11 is 0. The number of hydrogen-bond acceptors (Lipinski definition) is 2. The Morgan fingerprint density at radius 2 is 2.12 bits per heavy atom. The number of carbonyl (C=O) groups is 1. The molecule has 0 aliphatic heterocycles. The van der Waals surface area contributed by atoms with Crippen molar-refractivity contribution in [3.8, 4) is 0 Å². The van der Waals surface area contributed by atoms with Gasteiger partial charge in [0.25, 0.3) is 0 Å². The summed E-state index contributed by atoms with van der Waals surface area (Å²) in [7, 11) is 1.69. The zero-order valence-electron chi connectivity index (χ0n) is 10.3. The Kier molecular flexibility index (Phi) is 7.93. The van der Waals surface area contributed by atoms with Crippen LogP contribution in [0.4, 0.5) is 0 Å². The molecule has 0 bridgehead atoms. The van der Waals surface area contributed by atoms with E-state index >= 15 is 0 Å². The fraction of sp³-hybridized carbons (Fsp3) is 0.636. The highest BCUT2D eigenvalue weighted by Crippen LogP contribution is 1.82. The maximum absolute atomic E-state index is 11.3. The van der Waals surface area contributed by atoms with Gasteiger partial charge in [-0.15, -0.1) is 6.58 Å². The Balaban J connectivity index is 3.70. The van der Waals surface area contributed by atoms with E-state index in [-0.39, 0.29) is 11.9 Å². The minimum Gasteiger partial charge on any atom is -0.356 e. The molecule has 0 aromatic carbocycles. The Morgan fingerprint density at radius 1 is 1.44 bits per heavy atom. The summed E-state index contributed by atoms with van der Waals surface area (Å²) in [5.74, 6) is 0.721. The van der Waals surface area contributed by atoms with Gasteiger partial charge < -0.3 is 16.0 Å². The predicted octanol–water partition coefficient (Wildman–Crippen LogP) is 0.252. The lowest BCUT2D eigenvalue weighted by atomic mass is 10.3. The average molecular weight is 226 g/mol. The molecule has 3 N–H and O–H groups in total. The lowest BCUT2D eigenvalue weighted by Crippen LogP contribution is -2.40. The SMILES string of the molecule is C=CCNC(=NC)NCCC(=O)NC(C)C. The third-order valence-corrected chi connectivity index (χ3v) is 1.73. The first-order valence-electron chi connectivity index (χ1n) is 5.45. The van der Waals surface area contributed by atoms with Gasteiger partial charge in [0, 0.05) is 32.6 Å². The van der Waals surface area contributed by atoms with Crippen LogP contribution in [0.5, 0.6) is 0 Å². The number of rotatable bonds is 6. The number of guanidine groups is 1. The van der Waals surface area contributed by atoms with E-state index in [0.29, 0.717) is 25.5 Å². The topological polar surface area (TPSA) is 65.5 Å². The monoisotopic (exact) mass is 226 g/mol. The van der Waals surface area contributed by atoms with Crippen molar-refractivity contribution in [2.24, 2.45) is 4.99 Å². The maximum Gasteiger partial charge on any atom is 0.221 e. The molecule has 0 unspecified atom stereocenters. The summed E-state index contributed by atoms with van der Waals surface area (Å²) in [6.45, 7) is 8.69. The third-order valence-electron chi connectivity index (χ3n) is 1.73. The van der Waals surface area contributed by atoms with Gasteiger partial charge in [-0.05, 0) is 13.8 Å². The molecular weight excluding hydrogens is 204 g/mol. The van der Waals surface area contributed by atoms with Gasteiger partial charge in [0.1, 0.15) is 0 Å². The highest BCUT2D eigenvalue weighted by molar-refractivity contribution is 5.81. The third kappa shape index (κ3) is 7.84. The van der Waals surface area contributed by atoms with Crippen LogP contribution in [0.2, 0.25) is 0 Å². The molecule has 0 atom stereocenters. The van der Waals surface area contributed by atoms with E-state index in [9.17, 15) is 4.79 Å². The number of amides is 1. The van der Waals surface area contributed by atoms with E-state index in [2.05, 4.69) is 27.5 Å². The van der Waals surface area contributed by atoms with Crippen molar-refractivity contribution in [1.82, 2.24) is 16.0 Å². The molecule has 1 amide bonds. The van der Waals surface area contributed by atoms with Crippen molar-refractivity contribution >= 4 is 11.9 Å². The van der Waals surface area contributed by atoms with Crippen LogP contribution < -0.4 is 16.0 Å². The van der Waals surface area contributed by atoms with Gasteiger partial charge in [0.15, 0.2) is 5.96 Å². The number of nitrogens with zero attached hydrogens (tertiary/aromatic N) is 1. The van der Waals surface area contributed by atoms with Crippen molar-refractivity contribution in [2.45, 2.75) is 26.3 Å². The second-order valence-corrected chi connectivity index (χ2v) is 3.64. The zero-order valence-corrected chi connectivity index (χ0v) is 10.3. The molecule has 5 nitrogen and oxygen atoms in total. The Morgan fingerprint density at radius 3 is 2.62 bits per heavy atom. The Labute approximate surface area is 97.4 Å². The van der Waals surface area contributed by atoms with Crippen LogP contribution in [0.15, 0.2) is 17.6 Å². The van der Waals surface area contributed by atoms with E-state index in [0.717, 1.165) is 0 Å². The van der Waals surface area contributed by atoms with Gasteiger partial charge in [-0.25, -0.2) is 0 Å². The summed E-state index contributed by atoms with van der Waals surface area (Å²) in [5, 5.41) is 8.88. The minimum absolute atomic E-state index is 0.0432. The number of carbonyl (C=O) groups excluding carboxylic acids is 1. The molecule has 0 aromatic rings. The first-order valence-corrected chi connectivity index (χ1v) is 5.45. The van der Waals surface area contributed by atoms with Crippen LogP contribution >= 0.6 is 0 Å².